The summed E-state index contributed by atoms with van der Waals surface area (Å²) in [6, 6.07) is 2.08. The first-order valence-electron chi connectivity index (χ1n) is 7.81. The van der Waals surface area contributed by atoms with Crippen molar-refractivity contribution < 1.29 is 4.79 Å². The lowest BCUT2D eigenvalue weighted by Crippen LogP contribution is -2.41. The van der Waals surface area contributed by atoms with Crippen LogP contribution in [-0.4, -0.2) is 48.9 Å². The second-order valence-corrected chi connectivity index (χ2v) is 6.30. The number of nitrogens with one attached hydrogen (secondary N) is 1. The van der Waals surface area contributed by atoms with Crippen molar-refractivity contribution in [2.45, 2.75) is 39.2 Å². The zero-order chi connectivity index (χ0) is 15.5. The van der Waals surface area contributed by atoms with Crippen LogP contribution >= 0.6 is 0 Å². The molecule has 0 saturated carbocycles. The summed E-state index contributed by atoms with van der Waals surface area (Å²) < 4.78 is 1.84. The second kappa shape index (κ2) is 6.29. The van der Waals surface area contributed by atoms with E-state index in [1.807, 2.05) is 15.6 Å². The summed E-state index contributed by atoms with van der Waals surface area (Å²) in [6.45, 7) is 5.73. The lowest BCUT2D eigenvalue weighted by molar-refractivity contribution is 0.0666. The van der Waals surface area contributed by atoms with Gasteiger partial charge in [-0.15, -0.1) is 0 Å². The van der Waals surface area contributed by atoms with Crippen LogP contribution in [0.5, 0.6) is 0 Å². The molecular weight excluding hydrogens is 280 g/mol. The second-order valence-electron chi connectivity index (χ2n) is 6.30. The quantitative estimate of drug-likeness (QED) is 0.932. The number of nitrogens with zero attached hydrogens (tertiary/aromatic N) is 5. The Morgan fingerprint density at radius 2 is 2.36 bits per heavy atom. The highest BCUT2D eigenvalue weighted by Gasteiger charge is 2.27. The van der Waals surface area contributed by atoms with Gasteiger partial charge in [0.15, 0.2) is 0 Å². The van der Waals surface area contributed by atoms with Gasteiger partial charge in [-0.25, -0.2) is 9.67 Å². The third-order valence-corrected chi connectivity index (χ3v) is 3.97. The smallest absolute Gasteiger partial charge is 0.274 e. The highest BCUT2D eigenvalue weighted by atomic mass is 16.2. The van der Waals surface area contributed by atoms with E-state index in [4.69, 9.17) is 0 Å². The molecule has 1 amide bonds. The summed E-state index contributed by atoms with van der Waals surface area (Å²) in [5.74, 6) is 0.533. The number of H-pyrrole nitrogens is 1. The molecular formula is C15H22N6O. The largest absolute Gasteiger partial charge is 0.335 e. The fourth-order valence-corrected chi connectivity index (χ4v) is 2.94. The SMILES string of the molecule is CC(C)Cc1cc(C(=O)N2CCCC(n3cncn3)C2)n[nH]1. The molecule has 1 N–H and O–H groups in total. The Balaban J connectivity index is 1.67. The van der Waals surface area contributed by atoms with Crippen molar-refractivity contribution in [3.8, 4) is 0 Å². The number of carbonyl (C=O) groups excluding carboxylic acids is 1. The summed E-state index contributed by atoms with van der Waals surface area (Å²) in [5, 5.41) is 11.3. The molecule has 1 atom stereocenters. The first-order chi connectivity index (χ1) is 10.6. The molecule has 1 unspecified atom stereocenters. The normalized spacial score (nSPS) is 18.9. The number of rotatable bonds is 4. The molecule has 0 aliphatic carbocycles. The molecule has 0 spiro atoms. The van der Waals surface area contributed by atoms with Crippen LogP contribution in [0.1, 0.15) is 48.9 Å². The predicted octanol–water partition coefficient (Wildman–Crippen LogP) is 1.68. The molecule has 1 aliphatic rings. The first kappa shape index (κ1) is 14.7. The van der Waals surface area contributed by atoms with Gasteiger partial charge in [-0.05, 0) is 31.2 Å². The number of hydrogen-bond acceptors (Lipinski definition) is 4. The molecule has 7 heteroatoms. The Morgan fingerprint density at radius 1 is 1.50 bits per heavy atom. The van der Waals surface area contributed by atoms with E-state index in [2.05, 4.69) is 34.1 Å². The molecule has 22 heavy (non-hydrogen) atoms. The maximum atomic E-state index is 12.6. The first-order valence-corrected chi connectivity index (χ1v) is 7.81. The average molecular weight is 302 g/mol. The van der Waals surface area contributed by atoms with Gasteiger partial charge in [0.2, 0.25) is 0 Å². The van der Waals surface area contributed by atoms with Crippen molar-refractivity contribution in [2.75, 3.05) is 13.1 Å². The molecule has 1 fully saturated rings. The highest BCUT2D eigenvalue weighted by molar-refractivity contribution is 5.92. The maximum absolute atomic E-state index is 12.6. The Kier molecular flexibility index (Phi) is 4.22. The van der Waals surface area contributed by atoms with E-state index in [0.717, 1.165) is 31.5 Å². The Hall–Kier alpha value is -2.18. The van der Waals surface area contributed by atoms with E-state index in [-0.39, 0.29) is 11.9 Å². The van der Waals surface area contributed by atoms with Crippen LogP contribution < -0.4 is 0 Å². The molecule has 3 heterocycles. The lowest BCUT2D eigenvalue weighted by Gasteiger charge is -2.32. The third-order valence-electron chi connectivity index (χ3n) is 3.97. The van der Waals surface area contributed by atoms with Crippen LogP contribution in [0.15, 0.2) is 18.7 Å². The van der Waals surface area contributed by atoms with Crippen LogP contribution in [0.4, 0.5) is 0 Å². The zero-order valence-corrected chi connectivity index (χ0v) is 13.1. The third kappa shape index (κ3) is 3.18. The Morgan fingerprint density at radius 3 is 3.09 bits per heavy atom. The van der Waals surface area contributed by atoms with E-state index < -0.39 is 0 Å². The zero-order valence-electron chi connectivity index (χ0n) is 13.1. The predicted molar refractivity (Wildman–Crippen MR) is 81.3 cm³/mol. The van der Waals surface area contributed by atoms with Gasteiger partial charge in [-0.3, -0.25) is 9.89 Å². The molecule has 1 saturated heterocycles. The number of carbonyl (C=O) groups is 1. The number of aromatic nitrogens is 5. The van der Waals surface area contributed by atoms with Gasteiger partial charge >= 0.3 is 0 Å². The van der Waals surface area contributed by atoms with Crippen molar-refractivity contribution in [3.05, 3.63) is 30.1 Å². The van der Waals surface area contributed by atoms with Crippen molar-refractivity contribution in [1.82, 2.24) is 29.9 Å². The van der Waals surface area contributed by atoms with Crippen molar-refractivity contribution in [3.63, 3.8) is 0 Å². The summed E-state index contributed by atoms with van der Waals surface area (Å²) in [6.07, 6.45) is 6.15. The number of amides is 1. The van der Waals surface area contributed by atoms with E-state index in [9.17, 15) is 4.79 Å². The molecule has 118 valence electrons. The van der Waals surface area contributed by atoms with E-state index in [1.54, 1.807) is 6.33 Å². The van der Waals surface area contributed by atoms with Crippen LogP contribution in [-0.2, 0) is 6.42 Å². The molecule has 0 aromatic carbocycles. The molecule has 2 aromatic heterocycles. The average Bonchev–Trinajstić information content (AvgIpc) is 3.17. The fourth-order valence-electron chi connectivity index (χ4n) is 2.94. The maximum Gasteiger partial charge on any atom is 0.274 e. The minimum absolute atomic E-state index is 0.00364. The Bertz CT molecular complexity index is 618. The van der Waals surface area contributed by atoms with Crippen molar-refractivity contribution in [2.24, 2.45) is 5.92 Å². The summed E-state index contributed by atoms with van der Waals surface area (Å²) >= 11 is 0. The summed E-state index contributed by atoms with van der Waals surface area (Å²) in [7, 11) is 0. The van der Waals surface area contributed by atoms with Crippen molar-refractivity contribution in [1.29, 1.82) is 0 Å². The molecule has 0 radical (unpaired) electrons. The van der Waals surface area contributed by atoms with Crippen LogP contribution in [0, 0.1) is 5.92 Å². The highest BCUT2D eigenvalue weighted by Crippen LogP contribution is 2.21. The van der Waals surface area contributed by atoms with Crippen LogP contribution in [0.25, 0.3) is 0 Å². The minimum Gasteiger partial charge on any atom is -0.335 e. The van der Waals surface area contributed by atoms with Gasteiger partial charge in [0.05, 0.1) is 6.04 Å². The lowest BCUT2D eigenvalue weighted by atomic mass is 10.1. The van der Waals surface area contributed by atoms with E-state index >= 15 is 0 Å². The molecule has 3 rings (SSSR count). The summed E-state index contributed by atoms with van der Waals surface area (Å²) in [5.41, 5.74) is 1.53. The van der Waals surface area contributed by atoms with E-state index in [1.165, 1.54) is 6.33 Å². The molecule has 0 bridgehead atoms. The topological polar surface area (TPSA) is 79.7 Å². The molecule has 7 nitrogen and oxygen atoms in total. The van der Waals surface area contributed by atoms with Crippen LogP contribution in [0.2, 0.25) is 0 Å². The van der Waals surface area contributed by atoms with Gasteiger partial charge in [0.1, 0.15) is 18.3 Å². The fraction of sp³-hybridized carbons (Fsp3) is 0.600. The van der Waals surface area contributed by atoms with Crippen molar-refractivity contribution >= 4 is 5.91 Å². The van der Waals surface area contributed by atoms with Gasteiger partial charge in [-0.1, -0.05) is 13.8 Å². The molecule has 1 aliphatic heterocycles. The number of likely N-dealkylation sites (tertiary alicyclic amines) is 1. The molecule has 2 aromatic rings. The van der Waals surface area contributed by atoms with Gasteiger partial charge in [-0.2, -0.15) is 10.2 Å². The van der Waals surface area contributed by atoms with Crippen LogP contribution in [0.3, 0.4) is 0 Å². The van der Waals surface area contributed by atoms with Gasteiger partial charge in [0.25, 0.3) is 5.91 Å². The standard InChI is InChI=1S/C15H22N6O/c1-11(2)6-12-7-14(19-18-12)15(22)20-5-3-4-13(8-20)21-10-16-9-17-21/h7,9-11,13H,3-6,8H2,1-2H3,(H,18,19). The Labute approximate surface area is 129 Å². The minimum atomic E-state index is -0.00364. The number of hydrogen-bond donors (Lipinski definition) is 1. The van der Waals surface area contributed by atoms with Gasteiger partial charge in [0, 0.05) is 18.8 Å². The number of aromatic amines is 1. The monoisotopic (exact) mass is 302 g/mol. The number of piperidine rings is 1. The summed E-state index contributed by atoms with van der Waals surface area (Å²) in [4.78, 5) is 18.5. The van der Waals surface area contributed by atoms with Gasteiger partial charge < -0.3 is 4.90 Å². The van der Waals surface area contributed by atoms with E-state index in [0.29, 0.717) is 18.2 Å².